The molecule has 1 aromatic rings. The van der Waals surface area contributed by atoms with Gasteiger partial charge in [-0.1, -0.05) is 12.8 Å². The van der Waals surface area contributed by atoms with Crippen LogP contribution in [0, 0.1) is 15.5 Å². The Hall–Kier alpha value is -2.64. The van der Waals surface area contributed by atoms with Crippen molar-refractivity contribution in [1.29, 1.82) is 0 Å². The molecule has 1 N–H and O–H groups in total. The number of benzene rings is 1. The summed E-state index contributed by atoms with van der Waals surface area (Å²) >= 11 is 0. The summed E-state index contributed by atoms with van der Waals surface area (Å²) in [6.07, 6.45) is 6.02. The van der Waals surface area contributed by atoms with E-state index in [4.69, 9.17) is 0 Å². The summed E-state index contributed by atoms with van der Waals surface area (Å²) in [4.78, 5) is 40.3. The molecule has 8 nitrogen and oxygen atoms in total. The van der Waals surface area contributed by atoms with Gasteiger partial charge >= 0.3 is 0 Å². The summed E-state index contributed by atoms with van der Waals surface area (Å²) in [7, 11) is 0. The number of hydrogen-bond donors (Lipinski definition) is 1. The number of anilines is 1. The highest BCUT2D eigenvalue weighted by Crippen LogP contribution is 2.43. The molecule has 29 heavy (non-hydrogen) atoms. The summed E-state index contributed by atoms with van der Waals surface area (Å²) in [6.45, 7) is 2.60. The van der Waals surface area contributed by atoms with Crippen LogP contribution in [-0.2, 0) is 9.59 Å². The number of nitro groups is 1. The third kappa shape index (κ3) is 4.36. The smallest absolute Gasteiger partial charge is 0.269 e. The van der Waals surface area contributed by atoms with Gasteiger partial charge in [0.15, 0.2) is 0 Å². The Labute approximate surface area is 170 Å². The van der Waals surface area contributed by atoms with Crippen LogP contribution in [0.15, 0.2) is 24.3 Å². The van der Waals surface area contributed by atoms with E-state index in [0.29, 0.717) is 38.6 Å². The van der Waals surface area contributed by atoms with Gasteiger partial charge in [0, 0.05) is 56.5 Å². The minimum atomic E-state index is -0.533. The predicted octanol–water partition coefficient (Wildman–Crippen LogP) is 2.47. The molecule has 3 aliphatic rings. The van der Waals surface area contributed by atoms with Crippen LogP contribution in [0.1, 0.15) is 44.9 Å². The van der Waals surface area contributed by atoms with Crippen LogP contribution in [0.5, 0.6) is 0 Å². The van der Waals surface area contributed by atoms with Crippen molar-refractivity contribution >= 4 is 23.2 Å². The van der Waals surface area contributed by atoms with Crippen molar-refractivity contribution in [2.24, 2.45) is 5.41 Å². The normalized spacial score (nSPS) is 21.1. The average molecular weight is 400 g/mol. The number of rotatable bonds is 6. The van der Waals surface area contributed by atoms with Gasteiger partial charge in [0.1, 0.15) is 0 Å². The molecule has 0 atom stereocenters. The topological polar surface area (TPSA) is 95.8 Å². The van der Waals surface area contributed by atoms with Crippen LogP contribution in [0.3, 0.4) is 0 Å². The molecule has 4 rings (SSSR count). The van der Waals surface area contributed by atoms with Crippen LogP contribution in [-0.4, -0.2) is 53.9 Å². The molecule has 0 bridgehead atoms. The lowest BCUT2D eigenvalue weighted by atomic mass is 9.80. The molecule has 1 heterocycles. The molecule has 0 aromatic heterocycles. The van der Waals surface area contributed by atoms with Crippen molar-refractivity contribution in [3.8, 4) is 0 Å². The number of nitrogens with one attached hydrogen (secondary N) is 1. The second-order valence-corrected chi connectivity index (χ2v) is 8.56. The molecule has 0 radical (unpaired) electrons. The summed E-state index contributed by atoms with van der Waals surface area (Å²) in [5, 5.41) is 13.9. The number of nitro benzene ring substituents is 1. The Kier molecular flexibility index (Phi) is 5.43. The highest BCUT2D eigenvalue weighted by atomic mass is 16.6. The lowest BCUT2D eigenvalue weighted by Crippen LogP contribution is -2.53. The number of piperazine rings is 1. The summed E-state index contributed by atoms with van der Waals surface area (Å²) in [5.41, 5.74) is 0.478. The minimum Gasteiger partial charge on any atom is -0.368 e. The van der Waals surface area contributed by atoms with E-state index in [9.17, 15) is 19.7 Å². The molecular formula is C21H28N4O4. The van der Waals surface area contributed by atoms with Crippen molar-refractivity contribution in [1.82, 2.24) is 10.2 Å². The molecule has 2 amide bonds. The van der Waals surface area contributed by atoms with Crippen LogP contribution in [0.25, 0.3) is 0 Å². The summed E-state index contributed by atoms with van der Waals surface area (Å²) in [6, 6.07) is 6.87. The van der Waals surface area contributed by atoms with Crippen molar-refractivity contribution in [3.63, 3.8) is 0 Å². The number of hydrogen-bond acceptors (Lipinski definition) is 5. The molecule has 2 saturated carbocycles. The second-order valence-electron chi connectivity index (χ2n) is 8.56. The first-order chi connectivity index (χ1) is 14.0. The zero-order valence-corrected chi connectivity index (χ0v) is 16.6. The van der Waals surface area contributed by atoms with Gasteiger partial charge < -0.3 is 15.1 Å². The van der Waals surface area contributed by atoms with Crippen molar-refractivity contribution in [3.05, 3.63) is 34.4 Å². The molecule has 1 aliphatic heterocycles. The van der Waals surface area contributed by atoms with Crippen molar-refractivity contribution in [2.75, 3.05) is 31.1 Å². The fraction of sp³-hybridized carbons (Fsp3) is 0.619. The van der Waals surface area contributed by atoms with E-state index in [0.717, 1.165) is 44.2 Å². The summed E-state index contributed by atoms with van der Waals surface area (Å²) < 4.78 is 0. The molecule has 8 heteroatoms. The van der Waals surface area contributed by atoms with Crippen LogP contribution in [0.2, 0.25) is 0 Å². The van der Waals surface area contributed by atoms with E-state index in [1.54, 1.807) is 12.1 Å². The molecular weight excluding hydrogens is 372 g/mol. The molecule has 156 valence electrons. The number of carbonyl (C=O) groups is 2. The standard InChI is InChI=1S/C21H28N4O4/c26-19(22-16-3-4-16)15-21(9-1-2-10-21)20(27)24-13-11-23(12-14-24)17-5-7-18(8-6-17)25(28)29/h5-8,16H,1-4,9-15H2,(H,22,26). The number of nitrogens with zero attached hydrogens (tertiary/aromatic N) is 3. The Balaban J connectivity index is 1.36. The molecule has 0 unspecified atom stereocenters. The Bertz CT molecular complexity index is 776. The van der Waals surface area contributed by atoms with E-state index in [1.807, 2.05) is 4.90 Å². The van der Waals surface area contributed by atoms with Gasteiger partial charge in [-0.3, -0.25) is 19.7 Å². The van der Waals surface area contributed by atoms with Gasteiger partial charge in [-0.2, -0.15) is 0 Å². The molecule has 3 fully saturated rings. The highest BCUT2D eigenvalue weighted by Gasteiger charge is 2.45. The van der Waals surface area contributed by atoms with E-state index in [-0.39, 0.29) is 17.5 Å². The Morgan fingerprint density at radius 3 is 2.24 bits per heavy atom. The third-order valence-electron chi connectivity index (χ3n) is 6.45. The fourth-order valence-corrected chi connectivity index (χ4v) is 4.62. The van der Waals surface area contributed by atoms with Crippen LogP contribution in [0.4, 0.5) is 11.4 Å². The van der Waals surface area contributed by atoms with Crippen LogP contribution >= 0.6 is 0 Å². The zero-order valence-electron chi connectivity index (χ0n) is 16.6. The molecule has 1 aromatic carbocycles. The van der Waals surface area contributed by atoms with Gasteiger partial charge in [-0.15, -0.1) is 0 Å². The van der Waals surface area contributed by atoms with Crippen molar-refractivity contribution in [2.45, 2.75) is 51.0 Å². The third-order valence-corrected chi connectivity index (χ3v) is 6.45. The van der Waals surface area contributed by atoms with Crippen LogP contribution < -0.4 is 10.2 Å². The molecule has 1 saturated heterocycles. The van der Waals surface area contributed by atoms with Gasteiger partial charge in [0.2, 0.25) is 11.8 Å². The van der Waals surface area contributed by atoms with E-state index in [1.165, 1.54) is 12.1 Å². The molecule has 2 aliphatic carbocycles. The summed E-state index contributed by atoms with van der Waals surface area (Å²) in [5.74, 6) is 0.150. The van der Waals surface area contributed by atoms with E-state index < -0.39 is 10.3 Å². The minimum absolute atomic E-state index is 0.0206. The number of carbonyl (C=O) groups excluding carboxylic acids is 2. The second kappa shape index (κ2) is 8.00. The number of amides is 2. The fourth-order valence-electron chi connectivity index (χ4n) is 4.62. The Morgan fingerprint density at radius 2 is 1.69 bits per heavy atom. The van der Waals surface area contributed by atoms with Crippen molar-refractivity contribution < 1.29 is 14.5 Å². The highest BCUT2D eigenvalue weighted by molar-refractivity contribution is 5.89. The van der Waals surface area contributed by atoms with E-state index in [2.05, 4.69) is 10.2 Å². The van der Waals surface area contributed by atoms with E-state index >= 15 is 0 Å². The first-order valence-corrected chi connectivity index (χ1v) is 10.5. The lowest BCUT2D eigenvalue weighted by molar-refractivity contribution is -0.384. The zero-order chi connectivity index (χ0) is 20.4. The SMILES string of the molecule is O=C(CC1(C(=O)N2CCN(c3ccc([N+](=O)[O-])cc3)CC2)CCCC1)NC1CC1. The largest absolute Gasteiger partial charge is 0.368 e. The Morgan fingerprint density at radius 1 is 1.07 bits per heavy atom. The first-order valence-electron chi connectivity index (χ1n) is 10.5. The maximum absolute atomic E-state index is 13.4. The molecule has 0 spiro atoms. The van der Waals surface area contributed by atoms with Gasteiger partial charge in [0.25, 0.3) is 5.69 Å². The predicted molar refractivity (Wildman–Crippen MR) is 109 cm³/mol. The van der Waals surface area contributed by atoms with Gasteiger partial charge in [0.05, 0.1) is 10.3 Å². The monoisotopic (exact) mass is 400 g/mol. The first kappa shape index (κ1) is 19.7. The van der Waals surface area contributed by atoms with Gasteiger partial charge in [-0.25, -0.2) is 0 Å². The lowest BCUT2D eigenvalue weighted by Gasteiger charge is -2.40. The number of non-ortho nitro benzene ring substituents is 1. The van der Waals surface area contributed by atoms with Gasteiger partial charge in [-0.05, 0) is 37.8 Å². The average Bonchev–Trinajstić information content (AvgIpc) is 3.41. The maximum atomic E-state index is 13.4. The quantitative estimate of drug-likeness (QED) is 0.585. The maximum Gasteiger partial charge on any atom is 0.269 e.